The van der Waals surface area contributed by atoms with E-state index >= 15 is 0 Å². The highest BCUT2D eigenvalue weighted by Crippen LogP contribution is 2.18. The molecule has 1 aliphatic heterocycles. The molecule has 182 valence electrons. The molecule has 0 bridgehead atoms. The maximum Gasteiger partial charge on any atom is 0.309 e. The van der Waals surface area contributed by atoms with Crippen LogP contribution in [0.1, 0.15) is 52.4 Å². The monoisotopic (exact) mass is 458 g/mol. The van der Waals surface area contributed by atoms with Crippen LogP contribution in [0.4, 0.5) is 4.39 Å². The highest BCUT2D eigenvalue weighted by atomic mass is 19.1. The van der Waals surface area contributed by atoms with Crippen LogP contribution in [0.15, 0.2) is 0 Å². The van der Waals surface area contributed by atoms with Crippen molar-refractivity contribution in [1.29, 1.82) is 0 Å². The van der Waals surface area contributed by atoms with Gasteiger partial charge in [-0.15, -0.1) is 0 Å². The molecule has 0 aliphatic carbocycles. The summed E-state index contributed by atoms with van der Waals surface area (Å²) in [5.41, 5.74) is 0. The van der Waals surface area contributed by atoms with E-state index in [0.717, 1.165) is 6.42 Å². The number of hydrogen-bond donors (Lipinski definition) is 5. The molecule has 0 saturated carbocycles. The zero-order valence-corrected chi connectivity index (χ0v) is 18.7. The summed E-state index contributed by atoms with van der Waals surface area (Å²) in [7, 11) is 0. The molecule has 0 radical (unpaired) electrons. The van der Waals surface area contributed by atoms with Crippen molar-refractivity contribution < 1.29 is 33.5 Å². The summed E-state index contributed by atoms with van der Waals surface area (Å²) in [5, 5.41) is 19.3. The molecular formula is C21H35FN4O6. The molecule has 11 heteroatoms. The molecule has 0 aromatic heterocycles. The van der Waals surface area contributed by atoms with Gasteiger partial charge in [-0.2, -0.15) is 0 Å². The molecule has 1 fully saturated rings. The molecule has 0 unspecified atom stereocenters. The summed E-state index contributed by atoms with van der Waals surface area (Å²) < 4.78 is 12.1. The zero-order valence-electron chi connectivity index (χ0n) is 18.7. The Labute approximate surface area is 187 Å². The summed E-state index contributed by atoms with van der Waals surface area (Å²) in [6.45, 7) is 3.02. The van der Waals surface area contributed by atoms with E-state index in [0.29, 0.717) is 19.4 Å². The fourth-order valence-electron chi connectivity index (χ4n) is 3.43. The molecule has 1 saturated heterocycles. The first-order chi connectivity index (χ1) is 15.2. The number of amides is 4. The van der Waals surface area contributed by atoms with Crippen LogP contribution in [0.2, 0.25) is 0 Å². The van der Waals surface area contributed by atoms with Crippen LogP contribution in [0, 0.1) is 11.8 Å². The van der Waals surface area contributed by atoms with E-state index < -0.39 is 54.8 Å². The Morgan fingerprint density at radius 1 is 1.12 bits per heavy atom. The van der Waals surface area contributed by atoms with Crippen LogP contribution in [-0.2, 0) is 24.0 Å². The first kappa shape index (κ1) is 27.5. The second-order valence-electron chi connectivity index (χ2n) is 8.36. The standard InChI is InChI=1S/C21H35FN4O6/c1-13(2)10-16(26-21(32)20(31)24-8-4-3-7-22)19(30)25-15(17(28)12-27)11-14-6-5-9-23-18(14)29/h13-16,27H,3-12H2,1-2H3,(H,23,29)(H,24,31)(H,25,30)(H,26,32)/t14-,15-,16-/m0/s1. The fraction of sp³-hybridized carbons (Fsp3) is 0.762. The molecule has 0 spiro atoms. The Morgan fingerprint density at radius 3 is 2.44 bits per heavy atom. The number of aliphatic hydroxyl groups is 1. The number of Topliss-reactive ketones (excluding diaryl/α,β-unsaturated/α-hetero) is 1. The lowest BCUT2D eigenvalue weighted by atomic mass is 9.90. The van der Waals surface area contributed by atoms with E-state index in [1.54, 1.807) is 0 Å². The third kappa shape index (κ3) is 9.71. The highest BCUT2D eigenvalue weighted by molar-refractivity contribution is 6.35. The van der Waals surface area contributed by atoms with Crippen molar-refractivity contribution in [1.82, 2.24) is 21.3 Å². The second-order valence-corrected chi connectivity index (χ2v) is 8.36. The molecular weight excluding hydrogens is 423 g/mol. The number of alkyl halides is 1. The number of carbonyl (C=O) groups is 5. The first-order valence-electron chi connectivity index (χ1n) is 11.1. The van der Waals surface area contributed by atoms with Crippen molar-refractivity contribution in [3.8, 4) is 0 Å². The molecule has 5 N–H and O–H groups in total. The van der Waals surface area contributed by atoms with Gasteiger partial charge in [0.2, 0.25) is 11.8 Å². The quantitative estimate of drug-likeness (QED) is 0.182. The van der Waals surface area contributed by atoms with Gasteiger partial charge in [0.05, 0.1) is 12.7 Å². The molecule has 4 amide bonds. The van der Waals surface area contributed by atoms with E-state index in [2.05, 4.69) is 21.3 Å². The molecule has 0 aromatic rings. The van der Waals surface area contributed by atoms with Gasteiger partial charge in [-0.1, -0.05) is 13.8 Å². The van der Waals surface area contributed by atoms with Crippen molar-refractivity contribution in [3.63, 3.8) is 0 Å². The molecule has 10 nitrogen and oxygen atoms in total. The van der Waals surface area contributed by atoms with Crippen molar-refractivity contribution >= 4 is 29.4 Å². The number of carbonyl (C=O) groups excluding carboxylic acids is 5. The Hall–Kier alpha value is -2.56. The van der Waals surface area contributed by atoms with Gasteiger partial charge in [0.1, 0.15) is 12.6 Å². The number of piperidine rings is 1. The zero-order chi connectivity index (χ0) is 24.1. The maximum atomic E-state index is 12.9. The number of nitrogens with one attached hydrogen (secondary N) is 4. The molecule has 32 heavy (non-hydrogen) atoms. The lowest BCUT2D eigenvalue weighted by Gasteiger charge is -2.27. The van der Waals surface area contributed by atoms with E-state index in [1.807, 2.05) is 13.8 Å². The van der Waals surface area contributed by atoms with Gasteiger partial charge < -0.3 is 26.4 Å². The Morgan fingerprint density at radius 2 is 1.84 bits per heavy atom. The molecule has 1 heterocycles. The number of ketones is 1. The van der Waals surface area contributed by atoms with Crippen LogP contribution >= 0.6 is 0 Å². The molecule has 1 aliphatic rings. The molecule has 1 rings (SSSR count). The van der Waals surface area contributed by atoms with Crippen molar-refractivity contribution in [2.75, 3.05) is 26.4 Å². The third-order valence-corrected chi connectivity index (χ3v) is 5.16. The van der Waals surface area contributed by atoms with E-state index in [-0.39, 0.29) is 37.6 Å². The Kier molecular flexibility index (Phi) is 12.4. The Bertz CT molecular complexity index is 673. The average Bonchev–Trinajstić information content (AvgIpc) is 2.76. The lowest BCUT2D eigenvalue weighted by Crippen LogP contribution is -2.55. The van der Waals surface area contributed by atoms with Gasteiger partial charge >= 0.3 is 11.8 Å². The van der Waals surface area contributed by atoms with Gasteiger partial charge in [-0.05, 0) is 44.4 Å². The van der Waals surface area contributed by atoms with Crippen LogP contribution in [0.25, 0.3) is 0 Å². The SMILES string of the molecule is CC(C)C[C@H](NC(=O)C(=O)NCCCCF)C(=O)N[C@@H](C[C@@H]1CCCNC1=O)C(=O)CO. The highest BCUT2D eigenvalue weighted by Gasteiger charge is 2.32. The van der Waals surface area contributed by atoms with Gasteiger partial charge in [0.15, 0.2) is 5.78 Å². The normalized spacial score (nSPS) is 17.8. The van der Waals surface area contributed by atoms with Gasteiger partial charge in [0.25, 0.3) is 0 Å². The maximum absolute atomic E-state index is 12.9. The lowest BCUT2D eigenvalue weighted by molar-refractivity contribution is -0.141. The predicted molar refractivity (Wildman–Crippen MR) is 114 cm³/mol. The van der Waals surface area contributed by atoms with Crippen LogP contribution in [-0.4, -0.2) is 73.0 Å². The predicted octanol–water partition coefficient (Wildman–Crippen LogP) is -0.654. The van der Waals surface area contributed by atoms with E-state index in [1.165, 1.54) is 0 Å². The van der Waals surface area contributed by atoms with Crippen LogP contribution in [0.3, 0.4) is 0 Å². The molecule has 0 aromatic carbocycles. The average molecular weight is 459 g/mol. The smallest absolute Gasteiger partial charge is 0.309 e. The number of hydrogen-bond acceptors (Lipinski definition) is 6. The van der Waals surface area contributed by atoms with Crippen LogP contribution < -0.4 is 21.3 Å². The topological polar surface area (TPSA) is 154 Å². The second kappa shape index (κ2) is 14.5. The minimum Gasteiger partial charge on any atom is -0.389 e. The van der Waals surface area contributed by atoms with Gasteiger partial charge in [-0.3, -0.25) is 28.4 Å². The van der Waals surface area contributed by atoms with Gasteiger partial charge in [-0.25, -0.2) is 0 Å². The molecule has 3 atom stereocenters. The largest absolute Gasteiger partial charge is 0.389 e. The fourth-order valence-corrected chi connectivity index (χ4v) is 3.43. The number of rotatable bonds is 13. The van der Waals surface area contributed by atoms with Crippen molar-refractivity contribution in [3.05, 3.63) is 0 Å². The van der Waals surface area contributed by atoms with Gasteiger partial charge in [0, 0.05) is 19.0 Å². The number of aliphatic hydroxyl groups excluding tert-OH is 1. The first-order valence-corrected chi connectivity index (χ1v) is 11.1. The van der Waals surface area contributed by atoms with Crippen molar-refractivity contribution in [2.45, 2.75) is 64.5 Å². The van der Waals surface area contributed by atoms with Crippen molar-refractivity contribution in [2.24, 2.45) is 11.8 Å². The summed E-state index contributed by atoms with van der Waals surface area (Å²) in [5.74, 6) is -3.97. The number of halogens is 1. The van der Waals surface area contributed by atoms with E-state index in [4.69, 9.17) is 0 Å². The summed E-state index contributed by atoms with van der Waals surface area (Å²) in [6.07, 6.45) is 2.19. The summed E-state index contributed by atoms with van der Waals surface area (Å²) in [4.78, 5) is 61.2. The Balaban J connectivity index is 2.79. The minimum absolute atomic E-state index is 0.0187. The third-order valence-electron chi connectivity index (χ3n) is 5.16. The summed E-state index contributed by atoms with van der Waals surface area (Å²) >= 11 is 0. The number of unbranched alkanes of at least 4 members (excludes halogenated alkanes) is 1. The summed E-state index contributed by atoms with van der Waals surface area (Å²) in [6, 6.07) is -2.18. The minimum atomic E-state index is -1.09. The van der Waals surface area contributed by atoms with Crippen LogP contribution in [0.5, 0.6) is 0 Å². The van der Waals surface area contributed by atoms with E-state index in [9.17, 15) is 33.5 Å².